The number of anilines is 1. The molecule has 46 heavy (non-hydrogen) atoms. The summed E-state index contributed by atoms with van der Waals surface area (Å²) in [5, 5.41) is 18.4. The summed E-state index contributed by atoms with van der Waals surface area (Å²) in [6.07, 6.45) is -0.224. The van der Waals surface area contributed by atoms with Gasteiger partial charge in [-0.05, 0) is 73.3 Å². The molecule has 1 aliphatic heterocycles. The van der Waals surface area contributed by atoms with Crippen LogP contribution in [0.2, 0.25) is 0 Å². The number of thiophene rings is 1. The predicted molar refractivity (Wildman–Crippen MR) is 171 cm³/mol. The summed E-state index contributed by atoms with van der Waals surface area (Å²) in [5.74, 6) is 0.811. The Morgan fingerprint density at radius 2 is 1.96 bits per heavy atom. The van der Waals surface area contributed by atoms with Gasteiger partial charge in [-0.2, -0.15) is 18.4 Å². The second-order valence-electron chi connectivity index (χ2n) is 13.5. The van der Waals surface area contributed by atoms with Crippen LogP contribution in [0.4, 0.5) is 19.0 Å². The fraction of sp³-hybridized carbons (Fsp3) is 0.515. The molecule has 8 rings (SSSR count). The van der Waals surface area contributed by atoms with Gasteiger partial charge in [0.2, 0.25) is 5.91 Å². The Morgan fingerprint density at radius 1 is 1.20 bits per heavy atom. The van der Waals surface area contributed by atoms with Gasteiger partial charge in [0.1, 0.15) is 28.7 Å². The molecule has 1 aromatic carbocycles. The molecule has 2 bridgehead atoms. The van der Waals surface area contributed by atoms with Crippen molar-refractivity contribution in [1.82, 2.24) is 24.8 Å². The Labute approximate surface area is 269 Å². The molecule has 4 heterocycles. The molecule has 1 amide bonds. The number of hydrogen-bond acceptors (Lipinski definition) is 8. The lowest BCUT2D eigenvalue weighted by atomic mass is 9.33. The number of benzene rings is 1. The minimum absolute atomic E-state index is 0.00170. The van der Waals surface area contributed by atoms with Gasteiger partial charge in [0, 0.05) is 53.5 Å². The largest absolute Gasteiger partial charge is 0.393 e. The van der Waals surface area contributed by atoms with Crippen LogP contribution >= 0.6 is 11.3 Å². The van der Waals surface area contributed by atoms with E-state index in [4.69, 9.17) is 5.73 Å². The summed E-state index contributed by atoms with van der Waals surface area (Å²) in [7, 11) is 0. The fourth-order valence-electron chi connectivity index (χ4n) is 8.16. The average Bonchev–Trinajstić information content (AvgIpc) is 3.58. The van der Waals surface area contributed by atoms with E-state index in [9.17, 15) is 23.2 Å². The Bertz CT molecular complexity index is 1860. The molecular formula is C33H37F3N8OS. The second kappa shape index (κ2) is 11.2. The van der Waals surface area contributed by atoms with Gasteiger partial charge in [-0.25, -0.2) is 9.97 Å². The third-order valence-electron chi connectivity index (χ3n) is 10.8. The summed E-state index contributed by atoms with van der Waals surface area (Å²) in [6, 6.07) is 10.5. The number of fused-ring (bicyclic) bond motifs is 2. The minimum Gasteiger partial charge on any atom is -0.367 e. The number of carbonyl (C=O) groups is 1. The maximum Gasteiger partial charge on any atom is 0.393 e. The summed E-state index contributed by atoms with van der Waals surface area (Å²) >= 11 is 1.06. The number of halogens is 3. The maximum atomic E-state index is 12.9. The Morgan fingerprint density at radius 3 is 2.63 bits per heavy atom. The lowest BCUT2D eigenvalue weighted by molar-refractivity contribution is -0.228. The van der Waals surface area contributed by atoms with Crippen molar-refractivity contribution in [3.63, 3.8) is 0 Å². The van der Waals surface area contributed by atoms with E-state index in [1.54, 1.807) is 6.07 Å². The first kappa shape index (κ1) is 30.9. The number of amides is 1. The summed E-state index contributed by atoms with van der Waals surface area (Å²) in [4.78, 5) is 23.7. The van der Waals surface area contributed by atoms with Gasteiger partial charge >= 0.3 is 6.18 Å². The highest BCUT2D eigenvalue weighted by Crippen LogP contribution is 2.72. The third-order valence-corrected chi connectivity index (χ3v) is 11.8. The van der Waals surface area contributed by atoms with Crippen LogP contribution in [0.25, 0.3) is 21.1 Å². The minimum atomic E-state index is -4.26. The molecule has 0 unspecified atom stereocenters. The number of carbonyl (C=O) groups excluding carboxylic acids is 1. The number of rotatable bonds is 9. The van der Waals surface area contributed by atoms with Crippen LogP contribution < -0.4 is 16.4 Å². The van der Waals surface area contributed by atoms with Crippen LogP contribution in [-0.4, -0.2) is 62.7 Å². The van der Waals surface area contributed by atoms with E-state index in [0.29, 0.717) is 27.6 Å². The molecule has 1 saturated heterocycles. The van der Waals surface area contributed by atoms with E-state index >= 15 is 0 Å². The third kappa shape index (κ3) is 5.30. The number of aromatic nitrogens is 3. The zero-order chi connectivity index (χ0) is 32.4. The lowest BCUT2D eigenvalue weighted by Gasteiger charge is -2.76. The molecule has 3 saturated carbocycles. The fourth-order valence-corrected chi connectivity index (χ4v) is 9.19. The molecule has 13 heteroatoms. The number of nitrogens with zero attached hydrogens (tertiary/aromatic N) is 5. The molecule has 4 fully saturated rings. The highest BCUT2D eigenvalue weighted by molar-refractivity contribution is 7.18. The Kier molecular flexibility index (Phi) is 7.53. The molecule has 4 N–H and O–H groups in total. The monoisotopic (exact) mass is 650 g/mol. The first-order valence-corrected chi connectivity index (χ1v) is 16.6. The number of likely N-dealkylation sites (tertiary alicyclic amines) is 1. The first-order chi connectivity index (χ1) is 21.9. The van der Waals surface area contributed by atoms with Crippen molar-refractivity contribution in [2.75, 3.05) is 25.0 Å². The van der Waals surface area contributed by atoms with Gasteiger partial charge in [-0.3, -0.25) is 9.69 Å². The zero-order valence-corrected chi connectivity index (χ0v) is 26.7. The number of piperidine rings is 1. The number of hydrogen-bond donors (Lipinski definition) is 3. The quantitative estimate of drug-likeness (QED) is 0.226. The Balaban J connectivity index is 0.999. The van der Waals surface area contributed by atoms with Gasteiger partial charge in [0.25, 0.3) is 0 Å². The molecule has 9 nitrogen and oxygen atoms in total. The summed E-state index contributed by atoms with van der Waals surface area (Å²) in [6.45, 7) is 7.63. The number of nitriles is 1. The first-order valence-electron chi connectivity index (χ1n) is 15.7. The van der Waals surface area contributed by atoms with Crippen molar-refractivity contribution in [2.45, 2.75) is 76.8 Å². The van der Waals surface area contributed by atoms with Crippen LogP contribution in [0.1, 0.15) is 54.3 Å². The molecule has 4 aliphatic rings. The smallest absolute Gasteiger partial charge is 0.367 e. The van der Waals surface area contributed by atoms with Gasteiger partial charge < -0.3 is 20.9 Å². The van der Waals surface area contributed by atoms with Crippen molar-refractivity contribution in [3.8, 4) is 6.07 Å². The molecule has 4 aromatic rings. The highest BCUT2D eigenvalue weighted by Gasteiger charge is 2.74. The van der Waals surface area contributed by atoms with E-state index in [0.717, 1.165) is 74.1 Å². The average molecular weight is 651 g/mol. The van der Waals surface area contributed by atoms with Gasteiger partial charge in [0.15, 0.2) is 0 Å². The number of alkyl halides is 3. The van der Waals surface area contributed by atoms with Gasteiger partial charge in [-0.15, -0.1) is 11.3 Å². The molecule has 1 atom stereocenters. The molecule has 3 aromatic heterocycles. The van der Waals surface area contributed by atoms with Crippen molar-refractivity contribution < 1.29 is 18.0 Å². The van der Waals surface area contributed by atoms with Crippen molar-refractivity contribution in [2.24, 2.45) is 17.1 Å². The van der Waals surface area contributed by atoms with Crippen LogP contribution in [0.5, 0.6) is 0 Å². The van der Waals surface area contributed by atoms with Crippen LogP contribution in [0.3, 0.4) is 0 Å². The van der Waals surface area contributed by atoms with Crippen molar-refractivity contribution >= 4 is 44.2 Å². The SMILES string of the molecule is Cc1c(CN2CCC(Nc3ncnc4sc(CC(F)(F)F)cc34)CC2)ccc2c1cc(C#N)n2CC12CC(NC(=O)CN)(C1)[C@H]2C. The molecule has 0 radical (unpaired) electrons. The standard InChI is InChI=1S/C33H37F3N8OS/c1-19-21(3-4-27-25(19)9-23(12-37)44(27)17-31-15-32(16-31,20(31)2)42-28(45)13-38)14-43-7-5-22(6-8-43)41-29-26-10-24(11-33(34,35)36)46-30(26)40-18-39-29/h3-4,9-10,18,20,22H,5-8,11,13-17,38H2,1-2H3,(H,42,45)(H,39,40,41)/t20-,31?,32?/m0/s1. The van der Waals surface area contributed by atoms with Crippen LogP contribution in [-0.2, 0) is 24.3 Å². The number of aryl methyl sites for hydroxylation is 1. The summed E-state index contributed by atoms with van der Waals surface area (Å²) < 4.78 is 41.0. The van der Waals surface area contributed by atoms with Crippen LogP contribution in [0.15, 0.2) is 30.6 Å². The highest BCUT2D eigenvalue weighted by atomic mass is 32.1. The Hall–Kier alpha value is -3.73. The van der Waals surface area contributed by atoms with E-state index in [1.807, 2.05) is 6.07 Å². The summed E-state index contributed by atoms with van der Waals surface area (Å²) in [5.41, 5.74) is 9.60. The predicted octanol–water partition coefficient (Wildman–Crippen LogP) is 5.25. The lowest BCUT2D eigenvalue weighted by Crippen LogP contribution is -2.82. The molecule has 3 aliphatic carbocycles. The second-order valence-corrected chi connectivity index (χ2v) is 14.6. The van der Waals surface area contributed by atoms with Gasteiger partial charge in [-0.1, -0.05) is 13.0 Å². The van der Waals surface area contributed by atoms with Crippen molar-refractivity contribution in [1.29, 1.82) is 5.26 Å². The molecule has 0 spiro atoms. The van der Waals surface area contributed by atoms with E-state index in [-0.39, 0.29) is 34.3 Å². The van der Waals surface area contributed by atoms with Crippen LogP contribution in [0, 0.1) is 29.6 Å². The normalized spacial score (nSPS) is 24.8. The van der Waals surface area contributed by atoms with E-state index < -0.39 is 12.6 Å². The van der Waals surface area contributed by atoms with Gasteiger partial charge in [0.05, 0.1) is 18.4 Å². The van der Waals surface area contributed by atoms with Crippen molar-refractivity contribution in [3.05, 3.63) is 52.3 Å². The van der Waals surface area contributed by atoms with E-state index in [2.05, 4.69) is 62.1 Å². The molecular weight excluding hydrogens is 613 g/mol. The maximum absolute atomic E-state index is 12.9. The number of nitrogens with two attached hydrogens (primary N) is 1. The molecule has 242 valence electrons. The zero-order valence-electron chi connectivity index (χ0n) is 25.9. The number of nitrogens with one attached hydrogen (secondary N) is 2. The van der Waals surface area contributed by atoms with E-state index in [1.165, 1.54) is 17.5 Å². The topological polar surface area (TPSA) is 125 Å².